The third-order valence-electron chi connectivity index (χ3n) is 3.97. The minimum Gasteiger partial charge on any atom is -0.490 e. The van der Waals surface area contributed by atoms with E-state index in [9.17, 15) is 5.11 Å². The zero-order chi connectivity index (χ0) is 11.9. The molecule has 0 aromatic heterocycles. The van der Waals surface area contributed by atoms with E-state index in [1.165, 1.54) is 12.8 Å². The Hall–Kier alpha value is -1.02. The molecule has 2 nitrogen and oxygen atoms in total. The molecule has 0 bridgehead atoms. The number of rotatable bonds is 5. The van der Waals surface area contributed by atoms with Crippen LogP contribution in [0.25, 0.3) is 0 Å². The highest BCUT2D eigenvalue weighted by atomic mass is 16.5. The van der Waals surface area contributed by atoms with E-state index in [-0.39, 0.29) is 0 Å². The second kappa shape index (κ2) is 4.02. The Morgan fingerprint density at radius 3 is 2.29 bits per heavy atom. The fourth-order valence-electron chi connectivity index (χ4n) is 2.49. The quantitative estimate of drug-likeness (QED) is 0.844. The molecule has 1 aromatic rings. The van der Waals surface area contributed by atoms with Gasteiger partial charge in [0, 0.05) is 0 Å². The van der Waals surface area contributed by atoms with Gasteiger partial charge in [-0.25, -0.2) is 0 Å². The van der Waals surface area contributed by atoms with Gasteiger partial charge in [0.2, 0.25) is 0 Å². The molecule has 0 saturated heterocycles. The van der Waals surface area contributed by atoms with E-state index in [1.54, 1.807) is 0 Å². The van der Waals surface area contributed by atoms with Crippen molar-refractivity contribution in [3.63, 3.8) is 0 Å². The zero-order valence-electron chi connectivity index (χ0n) is 10.4. The molecular formula is C15H20O2. The van der Waals surface area contributed by atoms with Crippen LogP contribution in [0.1, 0.15) is 44.6 Å². The third-order valence-corrected chi connectivity index (χ3v) is 3.97. The van der Waals surface area contributed by atoms with Crippen molar-refractivity contribution >= 4 is 0 Å². The Morgan fingerprint density at radius 1 is 1.18 bits per heavy atom. The van der Waals surface area contributed by atoms with Gasteiger partial charge in [0.1, 0.15) is 5.75 Å². The Bertz CT molecular complexity index is 390. The molecule has 0 heterocycles. The lowest BCUT2D eigenvalue weighted by Crippen LogP contribution is -2.27. The van der Waals surface area contributed by atoms with Gasteiger partial charge in [0.15, 0.2) is 0 Å². The first-order valence-corrected chi connectivity index (χ1v) is 6.72. The maximum atomic E-state index is 10.7. The summed E-state index contributed by atoms with van der Waals surface area (Å²) in [5.41, 5.74) is 0.434. The van der Waals surface area contributed by atoms with Crippen LogP contribution < -0.4 is 4.74 Å². The largest absolute Gasteiger partial charge is 0.490 e. The van der Waals surface area contributed by atoms with Gasteiger partial charge in [0.25, 0.3) is 0 Å². The molecule has 1 atom stereocenters. The van der Waals surface area contributed by atoms with Crippen LogP contribution in [0.2, 0.25) is 0 Å². The van der Waals surface area contributed by atoms with Gasteiger partial charge >= 0.3 is 0 Å². The molecule has 2 saturated carbocycles. The molecule has 0 spiro atoms. The van der Waals surface area contributed by atoms with Crippen LogP contribution in [0, 0.1) is 5.92 Å². The SMILES string of the molecule is CCC(O)(c1ccc(OC2CC2)cc1)C1CC1. The van der Waals surface area contributed by atoms with Crippen molar-refractivity contribution in [2.45, 2.75) is 50.7 Å². The zero-order valence-corrected chi connectivity index (χ0v) is 10.4. The van der Waals surface area contributed by atoms with Gasteiger partial charge in [-0.15, -0.1) is 0 Å². The maximum absolute atomic E-state index is 10.7. The second-order valence-electron chi connectivity index (χ2n) is 5.39. The van der Waals surface area contributed by atoms with Crippen molar-refractivity contribution in [1.82, 2.24) is 0 Å². The molecule has 1 aromatic carbocycles. The molecule has 1 unspecified atom stereocenters. The van der Waals surface area contributed by atoms with Crippen molar-refractivity contribution in [2.24, 2.45) is 5.92 Å². The van der Waals surface area contributed by atoms with Crippen molar-refractivity contribution in [1.29, 1.82) is 0 Å². The minimum absolute atomic E-state index is 0.439. The summed E-state index contributed by atoms with van der Waals surface area (Å²) in [6, 6.07) is 8.05. The van der Waals surface area contributed by atoms with Crippen LogP contribution >= 0.6 is 0 Å². The Balaban J connectivity index is 1.77. The van der Waals surface area contributed by atoms with Crippen LogP contribution in [0.15, 0.2) is 24.3 Å². The van der Waals surface area contributed by atoms with Gasteiger partial charge in [-0.3, -0.25) is 0 Å². The predicted molar refractivity (Wildman–Crippen MR) is 67.0 cm³/mol. The van der Waals surface area contributed by atoms with Gasteiger partial charge < -0.3 is 9.84 Å². The number of aliphatic hydroxyl groups is 1. The van der Waals surface area contributed by atoms with Crippen LogP contribution in [0.3, 0.4) is 0 Å². The summed E-state index contributed by atoms with van der Waals surface area (Å²) in [5.74, 6) is 1.40. The first-order valence-electron chi connectivity index (χ1n) is 6.72. The average molecular weight is 232 g/mol. The Kier molecular flexibility index (Phi) is 2.62. The molecule has 2 aliphatic rings. The van der Waals surface area contributed by atoms with E-state index in [2.05, 4.69) is 6.92 Å². The molecule has 2 heteroatoms. The van der Waals surface area contributed by atoms with Gasteiger partial charge in [-0.05, 0) is 55.7 Å². The number of ether oxygens (including phenoxy) is 1. The van der Waals surface area contributed by atoms with E-state index >= 15 is 0 Å². The lowest BCUT2D eigenvalue weighted by molar-refractivity contribution is 0.00886. The van der Waals surface area contributed by atoms with Gasteiger partial charge in [-0.2, -0.15) is 0 Å². The molecule has 0 radical (unpaired) electrons. The van der Waals surface area contributed by atoms with Crippen molar-refractivity contribution in [3.8, 4) is 5.75 Å². The summed E-state index contributed by atoms with van der Waals surface area (Å²) < 4.78 is 5.72. The summed E-state index contributed by atoms with van der Waals surface area (Å²) in [5, 5.41) is 10.7. The van der Waals surface area contributed by atoms with Crippen LogP contribution in [0.4, 0.5) is 0 Å². The molecule has 92 valence electrons. The molecule has 0 aliphatic heterocycles. The number of hydrogen-bond donors (Lipinski definition) is 1. The topological polar surface area (TPSA) is 29.5 Å². The molecule has 0 amide bonds. The standard InChI is InChI=1S/C15H20O2/c1-2-15(16,11-3-4-11)12-5-7-13(8-6-12)17-14-9-10-14/h5-8,11,14,16H,2-4,9-10H2,1H3. The van der Waals surface area contributed by atoms with E-state index in [0.717, 1.165) is 30.6 Å². The molecule has 1 N–H and O–H groups in total. The fourth-order valence-corrected chi connectivity index (χ4v) is 2.49. The van der Waals surface area contributed by atoms with Crippen molar-refractivity contribution < 1.29 is 9.84 Å². The highest BCUT2D eigenvalue weighted by Gasteiger charge is 2.43. The summed E-state index contributed by atoms with van der Waals surface area (Å²) in [6.45, 7) is 2.06. The Labute approximate surface area is 103 Å². The summed E-state index contributed by atoms with van der Waals surface area (Å²) >= 11 is 0. The van der Waals surface area contributed by atoms with Crippen molar-refractivity contribution in [3.05, 3.63) is 29.8 Å². The number of benzene rings is 1. The summed E-state index contributed by atoms with van der Waals surface area (Å²) in [7, 11) is 0. The molecule has 2 aliphatic carbocycles. The fraction of sp³-hybridized carbons (Fsp3) is 0.600. The van der Waals surface area contributed by atoms with E-state index < -0.39 is 5.60 Å². The first kappa shape index (κ1) is 11.1. The first-order chi connectivity index (χ1) is 8.22. The van der Waals surface area contributed by atoms with Gasteiger partial charge in [-0.1, -0.05) is 19.1 Å². The van der Waals surface area contributed by atoms with Crippen LogP contribution in [0.5, 0.6) is 5.75 Å². The molecule has 17 heavy (non-hydrogen) atoms. The van der Waals surface area contributed by atoms with Crippen LogP contribution in [-0.4, -0.2) is 11.2 Å². The van der Waals surface area contributed by atoms with E-state index in [4.69, 9.17) is 4.74 Å². The average Bonchev–Trinajstić information content (AvgIpc) is 3.21. The predicted octanol–water partition coefficient (Wildman–Crippen LogP) is 3.24. The summed E-state index contributed by atoms with van der Waals surface area (Å²) in [6.07, 6.45) is 5.91. The van der Waals surface area contributed by atoms with Crippen LogP contribution in [-0.2, 0) is 5.60 Å². The normalized spacial score (nSPS) is 23.2. The molecule has 3 rings (SSSR count). The minimum atomic E-state index is -0.613. The smallest absolute Gasteiger partial charge is 0.119 e. The van der Waals surface area contributed by atoms with Crippen molar-refractivity contribution in [2.75, 3.05) is 0 Å². The highest BCUT2D eigenvalue weighted by molar-refractivity contribution is 5.32. The summed E-state index contributed by atoms with van der Waals surface area (Å²) in [4.78, 5) is 0. The van der Waals surface area contributed by atoms with E-state index in [1.807, 2.05) is 24.3 Å². The molecule has 2 fully saturated rings. The maximum Gasteiger partial charge on any atom is 0.119 e. The number of hydrogen-bond acceptors (Lipinski definition) is 2. The van der Waals surface area contributed by atoms with Gasteiger partial charge in [0.05, 0.1) is 11.7 Å². The van der Waals surface area contributed by atoms with E-state index in [0.29, 0.717) is 12.0 Å². The lowest BCUT2D eigenvalue weighted by Gasteiger charge is -2.27. The highest BCUT2D eigenvalue weighted by Crippen LogP contribution is 2.47. The molecular weight excluding hydrogens is 212 g/mol. The Morgan fingerprint density at radius 2 is 1.82 bits per heavy atom. The second-order valence-corrected chi connectivity index (χ2v) is 5.39. The third kappa shape index (κ3) is 2.19. The monoisotopic (exact) mass is 232 g/mol. The lowest BCUT2D eigenvalue weighted by atomic mass is 9.86.